The van der Waals surface area contributed by atoms with Crippen LogP contribution in [0.1, 0.15) is 35.0 Å². The summed E-state index contributed by atoms with van der Waals surface area (Å²) in [5, 5.41) is 0. The molecule has 2 aliphatic heterocycles. The van der Waals surface area contributed by atoms with Crippen LogP contribution < -0.4 is 4.90 Å². The van der Waals surface area contributed by atoms with E-state index in [-0.39, 0.29) is 12.0 Å². The van der Waals surface area contributed by atoms with E-state index in [0.717, 1.165) is 30.2 Å². The van der Waals surface area contributed by atoms with E-state index >= 15 is 0 Å². The van der Waals surface area contributed by atoms with Crippen LogP contribution in [0.2, 0.25) is 0 Å². The SMILES string of the molecule is O=C(c1cc2ccccn2c1)N1CCO[C@@H](c2ccnc(N3CCCC3)n2)C1. The third-order valence-electron chi connectivity index (χ3n) is 5.49. The Morgan fingerprint density at radius 3 is 2.89 bits per heavy atom. The average molecular weight is 377 g/mol. The lowest BCUT2D eigenvalue weighted by atomic mass is 10.1. The number of carbonyl (C=O) groups excluding carboxylic acids is 1. The van der Waals surface area contributed by atoms with E-state index in [2.05, 4.69) is 9.88 Å². The Kier molecular flexibility index (Phi) is 4.44. The second kappa shape index (κ2) is 7.24. The fourth-order valence-corrected chi connectivity index (χ4v) is 3.98. The standard InChI is InChI=1S/C21H23N5O2/c27-20(16-13-17-5-1-2-10-25(17)14-16)26-11-12-28-19(15-26)18-6-7-22-21(23-18)24-8-3-4-9-24/h1-2,5-7,10,13-14,19H,3-4,8-9,11-12,15H2/t19-/m1/s1. The van der Waals surface area contributed by atoms with Gasteiger partial charge in [-0.2, -0.15) is 0 Å². The number of morpholine rings is 1. The monoisotopic (exact) mass is 377 g/mol. The van der Waals surface area contributed by atoms with Gasteiger partial charge in [-0.05, 0) is 37.1 Å². The molecule has 0 spiro atoms. The highest BCUT2D eigenvalue weighted by molar-refractivity contribution is 5.95. The van der Waals surface area contributed by atoms with Gasteiger partial charge in [0, 0.05) is 43.7 Å². The van der Waals surface area contributed by atoms with E-state index in [0.29, 0.717) is 25.3 Å². The molecule has 7 heteroatoms. The minimum atomic E-state index is -0.223. The van der Waals surface area contributed by atoms with Crippen LogP contribution in [0, 0.1) is 0 Å². The molecule has 7 nitrogen and oxygen atoms in total. The lowest BCUT2D eigenvalue weighted by molar-refractivity contribution is -0.0247. The van der Waals surface area contributed by atoms with Gasteiger partial charge in [0.1, 0.15) is 6.10 Å². The molecule has 5 rings (SSSR count). The fourth-order valence-electron chi connectivity index (χ4n) is 3.98. The summed E-state index contributed by atoms with van der Waals surface area (Å²) in [5.74, 6) is 0.798. The van der Waals surface area contributed by atoms with E-state index in [9.17, 15) is 4.79 Å². The normalized spacial score (nSPS) is 20.1. The van der Waals surface area contributed by atoms with Crippen molar-refractivity contribution < 1.29 is 9.53 Å². The summed E-state index contributed by atoms with van der Waals surface area (Å²) in [5.41, 5.74) is 2.56. The Labute approximate surface area is 163 Å². The van der Waals surface area contributed by atoms with E-state index in [4.69, 9.17) is 9.72 Å². The molecule has 5 heterocycles. The Morgan fingerprint density at radius 1 is 1.14 bits per heavy atom. The first kappa shape index (κ1) is 17.2. The van der Waals surface area contributed by atoms with E-state index < -0.39 is 0 Å². The zero-order chi connectivity index (χ0) is 18.9. The zero-order valence-electron chi connectivity index (χ0n) is 15.7. The van der Waals surface area contributed by atoms with Crippen LogP contribution in [-0.2, 0) is 4.74 Å². The van der Waals surface area contributed by atoms with Crippen LogP contribution >= 0.6 is 0 Å². The molecule has 2 aliphatic rings. The predicted octanol–water partition coefficient (Wildman–Crippen LogP) is 2.54. The summed E-state index contributed by atoms with van der Waals surface area (Å²) in [6.07, 6.45) is 7.77. The molecule has 0 N–H and O–H groups in total. The number of carbonyl (C=O) groups is 1. The number of rotatable bonds is 3. The van der Waals surface area contributed by atoms with Crippen molar-refractivity contribution in [2.45, 2.75) is 18.9 Å². The first-order valence-corrected chi connectivity index (χ1v) is 9.83. The Morgan fingerprint density at radius 2 is 2.04 bits per heavy atom. The highest BCUT2D eigenvalue weighted by Crippen LogP contribution is 2.24. The van der Waals surface area contributed by atoms with Gasteiger partial charge in [-0.3, -0.25) is 4.79 Å². The molecular weight excluding hydrogens is 354 g/mol. The van der Waals surface area contributed by atoms with E-state index in [1.165, 1.54) is 12.8 Å². The zero-order valence-corrected chi connectivity index (χ0v) is 15.7. The summed E-state index contributed by atoms with van der Waals surface area (Å²) in [4.78, 5) is 26.3. The molecule has 0 saturated carbocycles. The maximum Gasteiger partial charge on any atom is 0.255 e. The van der Waals surface area contributed by atoms with Crippen LogP contribution in [0.5, 0.6) is 0 Å². The van der Waals surface area contributed by atoms with Gasteiger partial charge in [-0.1, -0.05) is 6.07 Å². The van der Waals surface area contributed by atoms with Gasteiger partial charge in [0.2, 0.25) is 5.95 Å². The van der Waals surface area contributed by atoms with Gasteiger partial charge >= 0.3 is 0 Å². The third-order valence-corrected chi connectivity index (χ3v) is 5.49. The Hall–Kier alpha value is -2.93. The fraction of sp³-hybridized carbons (Fsp3) is 0.381. The number of pyridine rings is 1. The third kappa shape index (κ3) is 3.22. The molecule has 3 aromatic heterocycles. The number of aromatic nitrogens is 3. The maximum absolute atomic E-state index is 13.0. The van der Waals surface area contributed by atoms with Gasteiger partial charge in [0.05, 0.1) is 24.4 Å². The molecule has 0 unspecified atom stereocenters. The summed E-state index contributed by atoms with van der Waals surface area (Å²) in [7, 11) is 0. The smallest absolute Gasteiger partial charge is 0.255 e. The van der Waals surface area contributed by atoms with Crippen molar-refractivity contribution in [3.8, 4) is 0 Å². The second-order valence-corrected chi connectivity index (χ2v) is 7.35. The van der Waals surface area contributed by atoms with E-state index in [1.807, 2.05) is 52.0 Å². The van der Waals surface area contributed by atoms with Crippen LogP contribution in [0.4, 0.5) is 5.95 Å². The average Bonchev–Trinajstić information content (AvgIpc) is 3.43. The molecule has 28 heavy (non-hydrogen) atoms. The topological polar surface area (TPSA) is 63.0 Å². The van der Waals surface area contributed by atoms with Crippen LogP contribution in [0.3, 0.4) is 0 Å². The van der Waals surface area contributed by atoms with Crippen LogP contribution in [0.15, 0.2) is 48.9 Å². The molecule has 1 amide bonds. The number of hydrogen-bond acceptors (Lipinski definition) is 5. The van der Waals surface area contributed by atoms with Crippen molar-refractivity contribution >= 4 is 17.4 Å². The van der Waals surface area contributed by atoms with Gasteiger partial charge in [0.15, 0.2) is 0 Å². The summed E-state index contributed by atoms with van der Waals surface area (Å²) in [6.45, 7) is 3.60. The summed E-state index contributed by atoms with van der Waals surface area (Å²) < 4.78 is 7.92. The lowest BCUT2D eigenvalue weighted by Crippen LogP contribution is -2.42. The lowest BCUT2D eigenvalue weighted by Gasteiger charge is -2.32. The second-order valence-electron chi connectivity index (χ2n) is 7.35. The summed E-state index contributed by atoms with van der Waals surface area (Å²) >= 11 is 0. The number of fused-ring (bicyclic) bond motifs is 1. The highest BCUT2D eigenvalue weighted by Gasteiger charge is 2.28. The van der Waals surface area contributed by atoms with Crippen molar-refractivity contribution in [1.29, 1.82) is 0 Å². The number of hydrogen-bond donors (Lipinski definition) is 0. The molecule has 2 saturated heterocycles. The maximum atomic E-state index is 13.0. The molecule has 144 valence electrons. The van der Waals surface area contributed by atoms with Crippen molar-refractivity contribution in [3.05, 3.63) is 60.2 Å². The molecule has 0 bridgehead atoms. The van der Waals surface area contributed by atoms with Crippen molar-refractivity contribution in [1.82, 2.24) is 19.3 Å². The first-order valence-electron chi connectivity index (χ1n) is 9.83. The number of anilines is 1. The quantitative estimate of drug-likeness (QED) is 0.702. The molecule has 0 aromatic carbocycles. The number of nitrogens with zero attached hydrogens (tertiary/aromatic N) is 5. The van der Waals surface area contributed by atoms with Gasteiger partial charge in [-0.25, -0.2) is 9.97 Å². The molecule has 0 aliphatic carbocycles. The molecule has 2 fully saturated rings. The highest BCUT2D eigenvalue weighted by atomic mass is 16.5. The van der Waals surface area contributed by atoms with Crippen molar-refractivity contribution in [2.24, 2.45) is 0 Å². The number of amides is 1. The first-order chi connectivity index (χ1) is 13.8. The van der Waals surface area contributed by atoms with Gasteiger partial charge in [-0.15, -0.1) is 0 Å². The van der Waals surface area contributed by atoms with Crippen molar-refractivity contribution in [2.75, 3.05) is 37.7 Å². The summed E-state index contributed by atoms with van der Waals surface area (Å²) in [6, 6.07) is 9.76. The minimum absolute atomic E-state index is 0.0332. The van der Waals surface area contributed by atoms with Crippen LogP contribution in [0.25, 0.3) is 5.52 Å². The molecule has 1 atom stereocenters. The van der Waals surface area contributed by atoms with Crippen LogP contribution in [-0.4, -0.2) is 58.0 Å². The molecule has 3 aromatic rings. The predicted molar refractivity (Wildman–Crippen MR) is 105 cm³/mol. The van der Waals surface area contributed by atoms with E-state index in [1.54, 1.807) is 6.20 Å². The largest absolute Gasteiger partial charge is 0.368 e. The van der Waals surface area contributed by atoms with Gasteiger partial charge < -0.3 is 18.9 Å². The van der Waals surface area contributed by atoms with Crippen molar-refractivity contribution in [3.63, 3.8) is 0 Å². The minimum Gasteiger partial charge on any atom is -0.368 e. The molecular formula is C21H23N5O2. The Bertz CT molecular complexity index is 962. The number of ether oxygens (including phenoxy) is 1. The van der Waals surface area contributed by atoms with Gasteiger partial charge in [0.25, 0.3) is 5.91 Å². The molecule has 0 radical (unpaired) electrons. The Balaban J connectivity index is 1.34.